The van der Waals surface area contributed by atoms with Crippen LogP contribution >= 0.6 is 0 Å². The molecule has 0 fully saturated rings. The zero-order valence-electron chi connectivity index (χ0n) is 33.1. The molecule has 2 aromatic heterocycles. The maximum atomic E-state index is 6.50. The van der Waals surface area contributed by atoms with Gasteiger partial charge in [0.15, 0.2) is 17.5 Å². The second-order valence-corrected chi connectivity index (χ2v) is 15.2. The van der Waals surface area contributed by atoms with E-state index in [1.165, 1.54) is 22.3 Å². The molecule has 61 heavy (non-hydrogen) atoms. The molecule has 9 aromatic carbocycles. The molecule has 2 heterocycles. The molecule has 0 unspecified atom stereocenters. The molecular weight excluding hydrogens is 743 g/mol. The molecular formula is C57H37N3O. The first kappa shape index (κ1) is 35.9. The van der Waals surface area contributed by atoms with Gasteiger partial charge in [-0.1, -0.05) is 188 Å². The molecule has 0 aliphatic heterocycles. The van der Waals surface area contributed by atoms with Crippen molar-refractivity contribution in [1.82, 2.24) is 15.0 Å². The summed E-state index contributed by atoms with van der Waals surface area (Å²) >= 11 is 0. The van der Waals surface area contributed by atoms with E-state index in [1.54, 1.807) is 0 Å². The summed E-state index contributed by atoms with van der Waals surface area (Å²) in [5.41, 5.74) is 15.9. The summed E-state index contributed by atoms with van der Waals surface area (Å²) < 4.78 is 6.50. The Morgan fingerprint density at radius 3 is 1.15 bits per heavy atom. The third-order valence-electron chi connectivity index (χ3n) is 11.3. The number of aromatic nitrogens is 3. The van der Waals surface area contributed by atoms with Crippen LogP contribution in [-0.4, -0.2) is 15.0 Å². The number of furan rings is 1. The maximum Gasteiger partial charge on any atom is 0.164 e. The van der Waals surface area contributed by atoms with Gasteiger partial charge in [-0.3, -0.25) is 0 Å². The van der Waals surface area contributed by atoms with E-state index in [9.17, 15) is 0 Å². The summed E-state index contributed by atoms with van der Waals surface area (Å²) in [4.78, 5) is 15.3. The summed E-state index contributed by atoms with van der Waals surface area (Å²) in [7, 11) is 0. The molecule has 0 saturated carbocycles. The Bertz CT molecular complexity index is 3340. The molecule has 0 spiro atoms. The van der Waals surface area contributed by atoms with Gasteiger partial charge in [0, 0.05) is 27.5 Å². The monoisotopic (exact) mass is 779 g/mol. The highest BCUT2D eigenvalue weighted by Gasteiger charge is 2.19. The first-order valence-electron chi connectivity index (χ1n) is 20.5. The van der Waals surface area contributed by atoms with Crippen molar-refractivity contribution < 1.29 is 4.42 Å². The van der Waals surface area contributed by atoms with E-state index in [-0.39, 0.29) is 0 Å². The first-order valence-corrected chi connectivity index (χ1v) is 20.5. The van der Waals surface area contributed by atoms with Crippen LogP contribution in [0, 0.1) is 0 Å². The lowest BCUT2D eigenvalue weighted by Crippen LogP contribution is -2.00. The Balaban J connectivity index is 0.980. The molecule has 4 nitrogen and oxygen atoms in total. The van der Waals surface area contributed by atoms with E-state index >= 15 is 0 Å². The first-order chi connectivity index (χ1) is 30.2. The van der Waals surface area contributed by atoms with Gasteiger partial charge in [-0.15, -0.1) is 0 Å². The number of hydrogen-bond donors (Lipinski definition) is 0. The Hall–Kier alpha value is -8.21. The number of rotatable bonds is 8. The zero-order valence-corrected chi connectivity index (χ0v) is 33.1. The van der Waals surface area contributed by atoms with Crippen LogP contribution in [0.2, 0.25) is 0 Å². The molecule has 286 valence electrons. The van der Waals surface area contributed by atoms with Crippen molar-refractivity contribution in [2.75, 3.05) is 0 Å². The highest BCUT2D eigenvalue weighted by molar-refractivity contribution is 6.12. The van der Waals surface area contributed by atoms with Crippen LogP contribution in [0.25, 0.3) is 112 Å². The maximum absolute atomic E-state index is 6.50. The average molecular weight is 780 g/mol. The van der Waals surface area contributed by atoms with Gasteiger partial charge in [-0.05, 0) is 92.0 Å². The highest BCUT2D eigenvalue weighted by Crippen LogP contribution is 2.39. The van der Waals surface area contributed by atoms with Gasteiger partial charge in [-0.2, -0.15) is 0 Å². The molecule has 0 bridgehead atoms. The van der Waals surface area contributed by atoms with Crippen molar-refractivity contribution in [3.05, 3.63) is 224 Å². The predicted octanol–water partition coefficient (Wildman–Crippen LogP) is 15.1. The van der Waals surface area contributed by atoms with Crippen LogP contribution in [0.3, 0.4) is 0 Å². The van der Waals surface area contributed by atoms with Crippen molar-refractivity contribution in [2.45, 2.75) is 0 Å². The number of nitrogens with zero attached hydrogens (tertiary/aromatic N) is 3. The van der Waals surface area contributed by atoms with Gasteiger partial charge in [0.1, 0.15) is 11.2 Å². The van der Waals surface area contributed by atoms with Crippen LogP contribution in [-0.2, 0) is 0 Å². The minimum Gasteiger partial charge on any atom is -0.456 e. The van der Waals surface area contributed by atoms with Crippen LogP contribution in [0.5, 0.6) is 0 Å². The fourth-order valence-electron chi connectivity index (χ4n) is 8.24. The van der Waals surface area contributed by atoms with Gasteiger partial charge in [-0.25, -0.2) is 15.0 Å². The largest absolute Gasteiger partial charge is 0.456 e. The molecule has 0 N–H and O–H groups in total. The van der Waals surface area contributed by atoms with Gasteiger partial charge >= 0.3 is 0 Å². The molecule has 0 saturated heterocycles. The molecule has 11 rings (SSSR count). The smallest absolute Gasteiger partial charge is 0.164 e. The highest BCUT2D eigenvalue weighted by atomic mass is 16.3. The lowest BCUT2D eigenvalue weighted by molar-refractivity contribution is 0.669. The number of hydrogen-bond acceptors (Lipinski definition) is 4. The zero-order chi connectivity index (χ0) is 40.5. The Labute approximate surface area is 354 Å². The summed E-state index contributed by atoms with van der Waals surface area (Å²) in [6.07, 6.45) is 0. The minimum atomic E-state index is 0.589. The minimum absolute atomic E-state index is 0.589. The van der Waals surface area contributed by atoms with E-state index < -0.39 is 0 Å². The fraction of sp³-hybridized carbons (Fsp3) is 0. The summed E-state index contributed by atoms with van der Waals surface area (Å²) in [5.74, 6) is 1.81. The van der Waals surface area contributed by atoms with E-state index in [1.807, 2.05) is 48.5 Å². The van der Waals surface area contributed by atoms with Crippen molar-refractivity contribution in [3.63, 3.8) is 0 Å². The third-order valence-corrected chi connectivity index (χ3v) is 11.3. The lowest BCUT2D eigenvalue weighted by Gasteiger charge is -2.10. The third kappa shape index (κ3) is 7.07. The van der Waals surface area contributed by atoms with Crippen LogP contribution < -0.4 is 0 Å². The summed E-state index contributed by atoms with van der Waals surface area (Å²) in [5, 5.41) is 1.97. The van der Waals surface area contributed by atoms with Crippen molar-refractivity contribution >= 4 is 21.9 Å². The lowest BCUT2D eigenvalue weighted by atomic mass is 9.94. The van der Waals surface area contributed by atoms with Crippen molar-refractivity contribution in [1.29, 1.82) is 0 Å². The molecule has 0 radical (unpaired) electrons. The van der Waals surface area contributed by atoms with Crippen LogP contribution in [0.15, 0.2) is 229 Å². The SMILES string of the molecule is c1ccc(-c2ccc(-c3nc(-c4ccccc4)nc(-c4cccc5oc6ccc(-c7cccc(-c8cccc(-c9cccc(-c%10ccccc%10)c9)c8)c7)cc6c45)n3)cc2)cc1. The Morgan fingerprint density at radius 1 is 0.246 bits per heavy atom. The fourth-order valence-corrected chi connectivity index (χ4v) is 8.24. The summed E-state index contributed by atoms with van der Waals surface area (Å²) in [6.45, 7) is 0. The van der Waals surface area contributed by atoms with E-state index in [2.05, 4.69) is 176 Å². The topological polar surface area (TPSA) is 51.8 Å². The van der Waals surface area contributed by atoms with E-state index in [4.69, 9.17) is 19.4 Å². The molecule has 0 aliphatic rings. The molecule has 0 aliphatic carbocycles. The quantitative estimate of drug-likeness (QED) is 0.154. The Kier molecular flexibility index (Phi) is 9.14. The average Bonchev–Trinajstić information content (AvgIpc) is 3.73. The molecule has 11 aromatic rings. The van der Waals surface area contributed by atoms with Gasteiger partial charge in [0.2, 0.25) is 0 Å². The molecule has 0 amide bonds. The number of fused-ring (bicyclic) bond motifs is 3. The normalized spacial score (nSPS) is 11.3. The Morgan fingerprint density at radius 2 is 0.607 bits per heavy atom. The van der Waals surface area contributed by atoms with E-state index in [0.29, 0.717) is 17.5 Å². The predicted molar refractivity (Wildman–Crippen MR) is 251 cm³/mol. The standard InChI is InChI=1S/C57H37N3O/c1-4-14-38(15-5-1)40-28-30-42(31-29-40)56-58-55(41-18-8-3-9-19-41)59-57(60-56)50-26-13-27-53-54(50)51-37-49(32-33-52(51)61-53)48-25-12-24-47(36-48)46-23-11-22-45(35-46)44-21-10-20-43(34-44)39-16-6-2-7-17-39/h1-37H. The van der Waals surface area contributed by atoms with Crippen LogP contribution in [0.1, 0.15) is 0 Å². The van der Waals surface area contributed by atoms with Crippen molar-refractivity contribution in [2.24, 2.45) is 0 Å². The van der Waals surface area contributed by atoms with Crippen LogP contribution in [0.4, 0.5) is 0 Å². The molecule has 4 heteroatoms. The van der Waals surface area contributed by atoms with E-state index in [0.717, 1.165) is 72.0 Å². The molecule has 0 atom stereocenters. The second kappa shape index (κ2) is 15.5. The summed E-state index contributed by atoms with van der Waals surface area (Å²) in [6, 6.07) is 78.3. The van der Waals surface area contributed by atoms with Gasteiger partial charge in [0.25, 0.3) is 0 Å². The van der Waals surface area contributed by atoms with Gasteiger partial charge in [0.05, 0.1) is 0 Å². The van der Waals surface area contributed by atoms with Crippen molar-refractivity contribution in [3.8, 4) is 89.8 Å². The van der Waals surface area contributed by atoms with Gasteiger partial charge < -0.3 is 4.42 Å². The number of benzene rings is 9. The second-order valence-electron chi connectivity index (χ2n) is 15.2.